The molecule has 0 unspecified atom stereocenters. The zero-order valence-electron chi connectivity index (χ0n) is 15.3. The highest BCUT2D eigenvalue weighted by Gasteiger charge is 2.46. The summed E-state index contributed by atoms with van der Waals surface area (Å²) in [7, 11) is 1.50. The molecule has 146 valence electrons. The van der Waals surface area contributed by atoms with Crippen LogP contribution < -0.4 is 0 Å². The molecule has 2 N–H and O–H groups in total. The number of methoxy groups -OCH3 is 1. The predicted octanol–water partition coefficient (Wildman–Crippen LogP) is 1.88. The van der Waals surface area contributed by atoms with Crippen molar-refractivity contribution in [2.45, 2.75) is 43.9 Å². The first-order valence-corrected chi connectivity index (χ1v) is 9.01. The summed E-state index contributed by atoms with van der Waals surface area (Å²) in [5.41, 5.74) is 1.97. The fourth-order valence-corrected chi connectivity index (χ4v) is 3.13. The molecule has 6 heteroatoms. The van der Waals surface area contributed by atoms with Crippen LogP contribution in [0.3, 0.4) is 0 Å². The van der Waals surface area contributed by atoms with Crippen LogP contribution in [0, 0.1) is 0 Å². The molecule has 0 bridgehead atoms. The van der Waals surface area contributed by atoms with E-state index < -0.39 is 30.7 Å². The normalized spacial score (nSPS) is 28.2. The number of aliphatic hydroxyl groups excluding tert-OH is 2. The smallest absolute Gasteiger partial charge is 0.186 e. The molecular weight excluding hydrogens is 348 g/mol. The molecular formula is C21H26O6. The maximum Gasteiger partial charge on any atom is 0.186 e. The molecule has 0 spiro atoms. The van der Waals surface area contributed by atoms with Gasteiger partial charge in [-0.25, -0.2) is 0 Å². The average Bonchev–Trinajstić information content (AvgIpc) is 2.73. The Morgan fingerprint density at radius 3 is 1.85 bits per heavy atom. The Bertz CT molecular complexity index is 665. The fraction of sp³-hybridized carbons (Fsp3) is 0.429. The second kappa shape index (κ2) is 9.94. The van der Waals surface area contributed by atoms with E-state index in [1.165, 1.54) is 7.11 Å². The summed E-state index contributed by atoms with van der Waals surface area (Å²) in [6, 6.07) is 19.4. The average molecular weight is 374 g/mol. The van der Waals surface area contributed by atoms with E-state index in [1.54, 1.807) is 0 Å². The van der Waals surface area contributed by atoms with Gasteiger partial charge in [-0.3, -0.25) is 0 Å². The van der Waals surface area contributed by atoms with Crippen LogP contribution in [0.5, 0.6) is 0 Å². The van der Waals surface area contributed by atoms with Crippen LogP contribution in [-0.4, -0.2) is 54.6 Å². The monoisotopic (exact) mass is 374 g/mol. The van der Waals surface area contributed by atoms with Gasteiger partial charge >= 0.3 is 0 Å². The van der Waals surface area contributed by atoms with Gasteiger partial charge in [0.2, 0.25) is 0 Å². The van der Waals surface area contributed by atoms with Crippen LogP contribution in [0.25, 0.3) is 0 Å². The highest BCUT2D eigenvalue weighted by atomic mass is 16.7. The Kier molecular flexibility index (Phi) is 7.34. The van der Waals surface area contributed by atoms with E-state index in [0.29, 0.717) is 13.2 Å². The van der Waals surface area contributed by atoms with E-state index in [0.717, 1.165) is 11.1 Å². The van der Waals surface area contributed by atoms with Gasteiger partial charge in [0.1, 0.15) is 24.4 Å². The first-order chi connectivity index (χ1) is 13.2. The molecule has 0 radical (unpaired) electrons. The largest absolute Gasteiger partial charge is 0.394 e. The van der Waals surface area contributed by atoms with Crippen LogP contribution in [0.4, 0.5) is 0 Å². The van der Waals surface area contributed by atoms with Gasteiger partial charge in [-0.15, -0.1) is 0 Å². The van der Waals surface area contributed by atoms with Crippen molar-refractivity contribution < 1.29 is 29.2 Å². The van der Waals surface area contributed by atoms with E-state index in [9.17, 15) is 10.2 Å². The van der Waals surface area contributed by atoms with Crippen LogP contribution in [0.1, 0.15) is 11.1 Å². The third-order valence-corrected chi connectivity index (χ3v) is 4.60. The van der Waals surface area contributed by atoms with Gasteiger partial charge < -0.3 is 29.2 Å². The molecule has 0 amide bonds. The van der Waals surface area contributed by atoms with Crippen molar-refractivity contribution in [3.8, 4) is 0 Å². The van der Waals surface area contributed by atoms with E-state index in [-0.39, 0.29) is 6.61 Å². The molecule has 3 rings (SSSR count). The van der Waals surface area contributed by atoms with Crippen LogP contribution in [0.2, 0.25) is 0 Å². The molecule has 1 fully saturated rings. The fourth-order valence-electron chi connectivity index (χ4n) is 3.13. The molecule has 0 aliphatic carbocycles. The minimum Gasteiger partial charge on any atom is -0.394 e. The van der Waals surface area contributed by atoms with Gasteiger partial charge in [0.15, 0.2) is 6.29 Å². The molecule has 0 saturated carbocycles. The lowest BCUT2D eigenvalue weighted by atomic mass is 9.98. The Balaban J connectivity index is 1.73. The van der Waals surface area contributed by atoms with Crippen molar-refractivity contribution in [3.63, 3.8) is 0 Å². The van der Waals surface area contributed by atoms with Crippen LogP contribution in [0.15, 0.2) is 60.7 Å². The molecule has 2 aromatic carbocycles. The first kappa shape index (κ1) is 19.9. The maximum atomic E-state index is 10.6. The molecule has 1 saturated heterocycles. The second-order valence-corrected chi connectivity index (χ2v) is 6.47. The predicted molar refractivity (Wildman–Crippen MR) is 98.8 cm³/mol. The topological polar surface area (TPSA) is 77.4 Å². The third-order valence-electron chi connectivity index (χ3n) is 4.60. The quantitative estimate of drug-likeness (QED) is 0.735. The number of benzene rings is 2. The summed E-state index contributed by atoms with van der Waals surface area (Å²) < 4.78 is 23.1. The van der Waals surface area contributed by atoms with E-state index >= 15 is 0 Å². The highest BCUT2D eigenvalue weighted by Crippen LogP contribution is 2.28. The maximum absolute atomic E-state index is 10.6. The lowest BCUT2D eigenvalue weighted by Crippen LogP contribution is -2.60. The van der Waals surface area contributed by atoms with Crippen molar-refractivity contribution >= 4 is 0 Å². The number of aliphatic hydroxyl groups is 2. The van der Waals surface area contributed by atoms with E-state index in [2.05, 4.69) is 0 Å². The molecule has 5 atom stereocenters. The van der Waals surface area contributed by atoms with Gasteiger partial charge in [-0.1, -0.05) is 60.7 Å². The molecule has 2 aromatic rings. The molecule has 0 aromatic heterocycles. The van der Waals surface area contributed by atoms with Crippen molar-refractivity contribution in [2.75, 3.05) is 13.7 Å². The summed E-state index contributed by atoms with van der Waals surface area (Å²) >= 11 is 0. The van der Waals surface area contributed by atoms with Gasteiger partial charge in [0.25, 0.3) is 0 Å². The van der Waals surface area contributed by atoms with Crippen molar-refractivity contribution in [1.82, 2.24) is 0 Å². The molecule has 1 heterocycles. The summed E-state index contributed by atoms with van der Waals surface area (Å²) in [4.78, 5) is 0. The number of hydrogen-bond acceptors (Lipinski definition) is 6. The summed E-state index contributed by atoms with van der Waals surface area (Å²) in [5, 5.41) is 20.2. The van der Waals surface area contributed by atoms with Crippen molar-refractivity contribution in [3.05, 3.63) is 71.8 Å². The SMILES string of the molecule is CO[C@H]1O[C@@H](CO)[C@H](O)[C@H](OCc2ccccc2)[C@H]1OCc1ccccc1. The molecule has 1 aliphatic rings. The molecule has 6 nitrogen and oxygen atoms in total. The Hall–Kier alpha value is -1.80. The summed E-state index contributed by atoms with van der Waals surface area (Å²) in [5.74, 6) is 0. The number of rotatable bonds is 8. The zero-order valence-corrected chi connectivity index (χ0v) is 15.3. The number of hydrogen-bond donors (Lipinski definition) is 2. The highest BCUT2D eigenvalue weighted by molar-refractivity contribution is 5.14. The van der Waals surface area contributed by atoms with Crippen LogP contribution >= 0.6 is 0 Å². The van der Waals surface area contributed by atoms with Crippen molar-refractivity contribution in [1.29, 1.82) is 0 Å². The van der Waals surface area contributed by atoms with Gasteiger partial charge in [0.05, 0.1) is 19.8 Å². The Morgan fingerprint density at radius 2 is 1.37 bits per heavy atom. The van der Waals surface area contributed by atoms with Gasteiger partial charge in [0, 0.05) is 7.11 Å². The molecule has 27 heavy (non-hydrogen) atoms. The zero-order chi connectivity index (χ0) is 19.1. The summed E-state index contributed by atoms with van der Waals surface area (Å²) in [6.07, 6.45) is -3.94. The third kappa shape index (κ3) is 5.13. The number of ether oxygens (including phenoxy) is 4. The molecule has 1 aliphatic heterocycles. The minimum absolute atomic E-state index is 0.308. The Morgan fingerprint density at radius 1 is 0.852 bits per heavy atom. The Labute approximate surface area is 159 Å². The van der Waals surface area contributed by atoms with E-state index in [1.807, 2.05) is 60.7 Å². The van der Waals surface area contributed by atoms with E-state index in [4.69, 9.17) is 18.9 Å². The van der Waals surface area contributed by atoms with Gasteiger partial charge in [-0.2, -0.15) is 0 Å². The summed E-state index contributed by atoms with van der Waals surface area (Å²) in [6.45, 7) is 0.302. The van der Waals surface area contributed by atoms with Gasteiger partial charge in [-0.05, 0) is 11.1 Å². The standard InChI is InChI=1S/C21H26O6/c1-24-21-20(26-14-16-10-6-3-7-11-16)19(18(23)17(12-22)27-21)25-13-15-8-4-2-5-9-15/h2-11,17-23H,12-14H2,1H3/t17-,18-,19-,20+,21-/m0/s1. The minimum atomic E-state index is -1.04. The lowest BCUT2D eigenvalue weighted by molar-refractivity contribution is -0.314. The first-order valence-electron chi connectivity index (χ1n) is 9.01. The second-order valence-electron chi connectivity index (χ2n) is 6.47. The van der Waals surface area contributed by atoms with Crippen molar-refractivity contribution in [2.24, 2.45) is 0 Å². The van der Waals surface area contributed by atoms with Crippen LogP contribution in [-0.2, 0) is 32.2 Å². The lowest BCUT2D eigenvalue weighted by Gasteiger charge is -2.43.